The Labute approximate surface area is 167 Å². The predicted molar refractivity (Wildman–Crippen MR) is 105 cm³/mol. The van der Waals surface area contributed by atoms with Crippen molar-refractivity contribution in [1.29, 1.82) is 0 Å². The summed E-state index contributed by atoms with van der Waals surface area (Å²) in [4.78, 5) is 29.4. The summed E-state index contributed by atoms with van der Waals surface area (Å²) in [5.74, 6) is 0.460. The Morgan fingerprint density at radius 1 is 1.00 bits per heavy atom. The molecule has 0 aliphatic heterocycles. The SMILES string of the molecule is CC(NC(=O)Nc1ccc(Br)c(Br)c1)c1nccnc1-c1ncccn1. The van der Waals surface area contributed by atoms with Gasteiger partial charge in [0, 0.05) is 39.4 Å². The van der Waals surface area contributed by atoms with Crippen molar-refractivity contribution in [2.75, 3.05) is 5.32 Å². The van der Waals surface area contributed by atoms with Crippen molar-refractivity contribution in [3.05, 3.63) is 63.7 Å². The molecule has 2 amide bonds. The minimum atomic E-state index is -0.388. The van der Waals surface area contributed by atoms with Gasteiger partial charge >= 0.3 is 6.03 Å². The lowest BCUT2D eigenvalue weighted by molar-refractivity contribution is 0.249. The monoisotopic (exact) mass is 476 g/mol. The van der Waals surface area contributed by atoms with E-state index >= 15 is 0 Å². The number of aromatic nitrogens is 4. The van der Waals surface area contributed by atoms with Crippen molar-refractivity contribution >= 4 is 43.6 Å². The molecule has 0 fully saturated rings. The van der Waals surface area contributed by atoms with Crippen LogP contribution in [0.5, 0.6) is 0 Å². The summed E-state index contributed by atoms with van der Waals surface area (Å²) in [6.45, 7) is 1.83. The van der Waals surface area contributed by atoms with E-state index in [1.165, 1.54) is 0 Å². The van der Waals surface area contributed by atoms with Gasteiger partial charge in [-0.15, -0.1) is 0 Å². The van der Waals surface area contributed by atoms with Crippen molar-refractivity contribution in [3.63, 3.8) is 0 Å². The third kappa shape index (κ3) is 4.41. The maximum absolute atomic E-state index is 12.3. The van der Waals surface area contributed by atoms with E-state index in [9.17, 15) is 4.79 Å². The van der Waals surface area contributed by atoms with Gasteiger partial charge in [-0.2, -0.15) is 0 Å². The lowest BCUT2D eigenvalue weighted by Gasteiger charge is -2.16. The highest BCUT2D eigenvalue weighted by Gasteiger charge is 2.18. The molecular formula is C17H14Br2N6O. The number of anilines is 1. The number of benzene rings is 1. The van der Waals surface area contributed by atoms with E-state index < -0.39 is 0 Å². The molecule has 0 spiro atoms. The van der Waals surface area contributed by atoms with Crippen LogP contribution in [0.1, 0.15) is 18.7 Å². The summed E-state index contributed by atoms with van der Waals surface area (Å²) in [5, 5.41) is 5.64. The molecule has 132 valence electrons. The maximum atomic E-state index is 12.3. The molecule has 0 aliphatic carbocycles. The smallest absolute Gasteiger partial charge is 0.319 e. The van der Waals surface area contributed by atoms with E-state index in [0.717, 1.165) is 8.95 Å². The highest BCUT2D eigenvalue weighted by atomic mass is 79.9. The number of halogens is 2. The van der Waals surface area contributed by atoms with E-state index in [1.807, 2.05) is 13.0 Å². The fraction of sp³-hybridized carbons (Fsp3) is 0.118. The third-order valence-electron chi connectivity index (χ3n) is 3.44. The summed E-state index contributed by atoms with van der Waals surface area (Å²) in [6, 6.07) is 6.44. The van der Waals surface area contributed by atoms with Gasteiger partial charge in [-0.05, 0) is 63.0 Å². The topological polar surface area (TPSA) is 92.7 Å². The van der Waals surface area contributed by atoms with E-state index in [4.69, 9.17) is 0 Å². The maximum Gasteiger partial charge on any atom is 0.319 e. The molecule has 2 aromatic heterocycles. The molecule has 3 aromatic rings. The number of hydrogen-bond acceptors (Lipinski definition) is 5. The number of amides is 2. The van der Waals surface area contributed by atoms with Crippen molar-refractivity contribution < 1.29 is 4.79 Å². The van der Waals surface area contributed by atoms with Gasteiger partial charge in [0.15, 0.2) is 5.82 Å². The molecule has 0 bridgehead atoms. The van der Waals surface area contributed by atoms with Crippen LogP contribution in [0.3, 0.4) is 0 Å². The van der Waals surface area contributed by atoms with Crippen LogP contribution in [-0.2, 0) is 0 Å². The molecule has 1 atom stereocenters. The predicted octanol–water partition coefficient (Wildman–Crippen LogP) is 4.34. The van der Waals surface area contributed by atoms with Crippen LogP contribution in [0.25, 0.3) is 11.5 Å². The molecule has 0 aliphatic rings. The number of nitrogens with zero attached hydrogens (tertiary/aromatic N) is 4. The van der Waals surface area contributed by atoms with Crippen LogP contribution < -0.4 is 10.6 Å². The van der Waals surface area contributed by atoms with Gasteiger partial charge in [-0.25, -0.2) is 19.7 Å². The Kier molecular flexibility index (Phi) is 5.89. The fourth-order valence-electron chi connectivity index (χ4n) is 2.27. The van der Waals surface area contributed by atoms with Gasteiger partial charge in [0.05, 0.1) is 11.7 Å². The average molecular weight is 478 g/mol. The first kappa shape index (κ1) is 18.4. The first-order valence-electron chi connectivity index (χ1n) is 7.65. The number of nitrogens with one attached hydrogen (secondary N) is 2. The minimum absolute atomic E-state index is 0.350. The summed E-state index contributed by atoms with van der Waals surface area (Å²) in [7, 11) is 0. The Hall–Kier alpha value is -2.39. The van der Waals surface area contributed by atoms with Crippen LogP contribution in [-0.4, -0.2) is 26.0 Å². The van der Waals surface area contributed by atoms with Crippen LogP contribution in [0.15, 0.2) is 58.0 Å². The van der Waals surface area contributed by atoms with Gasteiger partial charge in [-0.3, -0.25) is 4.98 Å². The van der Waals surface area contributed by atoms with Crippen LogP contribution in [0.2, 0.25) is 0 Å². The summed E-state index contributed by atoms with van der Waals surface area (Å²) in [6.07, 6.45) is 6.42. The van der Waals surface area contributed by atoms with Crippen molar-refractivity contribution in [1.82, 2.24) is 25.3 Å². The third-order valence-corrected chi connectivity index (χ3v) is 5.32. The Balaban J connectivity index is 1.75. The number of urea groups is 1. The van der Waals surface area contributed by atoms with Crippen LogP contribution >= 0.6 is 31.9 Å². The molecule has 2 N–H and O–H groups in total. The zero-order chi connectivity index (χ0) is 18.5. The molecule has 0 saturated heterocycles. The van der Waals surface area contributed by atoms with Gasteiger partial charge in [0.2, 0.25) is 0 Å². The van der Waals surface area contributed by atoms with Crippen molar-refractivity contribution in [2.24, 2.45) is 0 Å². The van der Waals surface area contributed by atoms with E-state index in [0.29, 0.717) is 22.9 Å². The largest absolute Gasteiger partial charge is 0.330 e. The number of carbonyl (C=O) groups excluding carboxylic acids is 1. The molecule has 2 heterocycles. The van der Waals surface area contributed by atoms with Crippen LogP contribution in [0, 0.1) is 0 Å². The van der Waals surface area contributed by atoms with Crippen molar-refractivity contribution in [2.45, 2.75) is 13.0 Å². The number of carbonyl (C=O) groups is 1. The van der Waals surface area contributed by atoms with E-state index in [2.05, 4.69) is 62.4 Å². The molecule has 9 heteroatoms. The van der Waals surface area contributed by atoms with Crippen LogP contribution in [0.4, 0.5) is 10.5 Å². The van der Waals surface area contributed by atoms with Gasteiger partial charge in [0.1, 0.15) is 5.69 Å². The van der Waals surface area contributed by atoms with Gasteiger partial charge in [-0.1, -0.05) is 0 Å². The fourth-order valence-corrected chi connectivity index (χ4v) is 2.89. The second-order valence-corrected chi connectivity index (χ2v) is 7.02. The molecule has 7 nitrogen and oxygen atoms in total. The lowest BCUT2D eigenvalue weighted by atomic mass is 10.1. The molecule has 26 heavy (non-hydrogen) atoms. The van der Waals surface area contributed by atoms with Crippen molar-refractivity contribution in [3.8, 4) is 11.5 Å². The standard InChI is InChI=1S/C17H14Br2N6O/c1-10(24-17(26)25-11-3-4-12(18)13(19)9-11)14-15(21-8-7-20-14)16-22-5-2-6-23-16/h2-10H,1H3,(H2,24,25,26). The first-order valence-corrected chi connectivity index (χ1v) is 9.24. The minimum Gasteiger partial charge on any atom is -0.330 e. The number of rotatable bonds is 4. The highest BCUT2D eigenvalue weighted by molar-refractivity contribution is 9.13. The lowest BCUT2D eigenvalue weighted by Crippen LogP contribution is -2.32. The molecule has 1 unspecified atom stereocenters. The summed E-state index contributed by atoms with van der Waals surface area (Å²) < 4.78 is 1.75. The first-order chi connectivity index (χ1) is 12.5. The second-order valence-electron chi connectivity index (χ2n) is 5.31. The quantitative estimate of drug-likeness (QED) is 0.582. The molecular weight excluding hydrogens is 464 g/mol. The zero-order valence-electron chi connectivity index (χ0n) is 13.6. The number of hydrogen-bond donors (Lipinski definition) is 2. The van der Waals surface area contributed by atoms with Gasteiger partial charge < -0.3 is 10.6 Å². The van der Waals surface area contributed by atoms with E-state index in [-0.39, 0.29) is 12.1 Å². The summed E-state index contributed by atoms with van der Waals surface area (Å²) in [5.41, 5.74) is 1.79. The molecule has 0 saturated carbocycles. The Morgan fingerprint density at radius 3 is 2.46 bits per heavy atom. The Morgan fingerprint density at radius 2 is 1.73 bits per heavy atom. The molecule has 1 aromatic carbocycles. The summed E-state index contributed by atoms with van der Waals surface area (Å²) >= 11 is 6.80. The normalized spacial score (nSPS) is 11.7. The zero-order valence-corrected chi connectivity index (χ0v) is 16.8. The molecule has 0 radical (unpaired) electrons. The van der Waals surface area contributed by atoms with E-state index in [1.54, 1.807) is 43.0 Å². The Bertz CT molecular complexity index is 922. The molecule has 3 rings (SSSR count). The average Bonchev–Trinajstić information content (AvgIpc) is 2.65. The second kappa shape index (κ2) is 8.33. The van der Waals surface area contributed by atoms with Gasteiger partial charge in [0.25, 0.3) is 0 Å². The highest BCUT2D eigenvalue weighted by Crippen LogP contribution is 2.26.